The van der Waals surface area contributed by atoms with Gasteiger partial charge in [-0.3, -0.25) is 13.9 Å². The fourth-order valence-corrected chi connectivity index (χ4v) is 7.23. The molecule has 3 aliphatic rings. The van der Waals surface area contributed by atoms with Gasteiger partial charge in [-0.1, -0.05) is 19.1 Å². The summed E-state index contributed by atoms with van der Waals surface area (Å²) < 4.78 is 75.0. The van der Waals surface area contributed by atoms with Gasteiger partial charge in [0.1, 0.15) is 12.2 Å². The topological polar surface area (TPSA) is 60.4 Å². The van der Waals surface area contributed by atoms with Crippen LogP contribution >= 0.6 is 0 Å². The van der Waals surface area contributed by atoms with Crippen LogP contribution in [-0.2, 0) is 25.2 Å². The summed E-state index contributed by atoms with van der Waals surface area (Å²) in [6, 6.07) is 8.41. The molecular weight excluding hydrogens is 555 g/mol. The molecule has 1 saturated heterocycles. The normalized spacial score (nSPS) is 22.9. The van der Waals surface area contributed by atoms with Crippen LogP contribution in [0.1, 0.15) is 61.5 Å². The summed E-state index contributed by atoms with van der Waals surface area (Å²) in [5, 5.41) is 8.50. The standard InChI is InChI=1S/C30H31F5N6O/c1-19-12-39(9-8-29(19,31)32)13-20-10-23(30(33,34)35)24-15-40(26(42)41(24)14-20)22-5-3-4-21(11-22)28(16-27(17-28)6-7-27)25-37-36-18-38(25)2/h3-5,10-11,14-15,18-19H,6-9,12-13,16-17H2,1-2H3/t19-/m1/s1. The summed E-state index contributed by atoms with van der Waals surface area (Å²) in [5.74, 6) is -2.88. The van der Waals surface area contributed by atoms with Crippen molar-refractivity contribution in [1.29, 1.82) is 0 Å². The molecule has 2 saturated carbocycles. The third-order valence-corrected chi connectivity index (χ3v) is 9.68. The molecule has 4 aromatic rings. The molecule has 0 bridgehead atoms. The van der Waals surface area contributed by atoms with Crippen molar-refractivity contribution >= 4 is 5.52 Å². The Morgan fingerprint density at radius 1 is 1.07 bits per heavy atom. The van der Waals surface area contributed by atoms with Gasteiger partial charge in [0.25, 0.3) is 5.92 Å². The van der Waals surface area contributed by atoms with Gasteiger partial charge in [0.15, 0.2) is 0 Å². The lowest BCUT2D eigenvalue weighted by Crippen LogP contribution is -2.45. The predicted octanol–water partition coefficient (Wildman–Crippen LogP) is 5.57. The van der Waals surface area contributed by atoms with Crippen LogP contribution in [0.2, 0.25) is 0 Å². The van der Waals surface area contributed by atoms with E-state index in [-0.39, 0.29) is 42.6 Å². The fourth-order valence-electron chi connectivity index (χ4n) is 7.23. The van der Waals surface area contributed by atoms with E-state index in [0.29, 0.717) is 11.1 Å². The van der Waals surface area contributed by atoms with Crippen LogP contribution < -0.4 is 5.69 Å². The van der Waals surface area contributed by atoms with Gasteiger partial charge in [0.2, 0.25) is 0 Å². The van der Waals surface area contributed by atoms with E-state index < -0.39 is 29.3 Å². The molecule has 3 fully saturated rings. The van der Waals surface area contributed by atoms with Crippen molar-refractivity contribution in [2.45, 2.75) is 63.1 Å². The smallest absolute Gasteiger partial charge is 0.320 e. The summed E-state index contributed by atoms with van der Waals surface area (Å²) in [7, 11) is 1.90. The zero-order chi connectivity index (χ0) is 29.7. The summed E-state index contributed by atoms with van der Waals surface area (Å²) >= 11 is 0. The summed E-state index contributed by atoms with van der Waals surface area (Å²) in [4.78, 5) is 15.4. The number of hydrogen-bond acceptors (Lipinski definition) is 4. The second-order valence-electron chi connectivity index (χ2n) is 12.7. The van der Waals surface area contributed by atoms with Crippen molar-refractivity contribution in [2.75, 3.05) is 13.1 Å². The lowest BCUT2D eigenvalue weighted by atomic mass is 9.56. The molecule has 1 spiro atoms. The van der Waals surface area contributed by atoms with Crippen molar-refractivity contribution in [3.8, 4) is 5.69 Å². The highest BCUT2D eigenvalue weighted by Crippen LogP contribution is 2.70. The lowest BCUT2D eigenvalue weighted by Gasteiger charge is -2.48. The minimum absolute atomic E-state index is 0.0362. The van der Waals surface area contributed by atoms with Crippen LogP contribution in [0.3, 0.4) is 0 Å². The van der Waals surface area contributed by atoms with Crippen molar-refractivity contribution in [3.05, 3.63) is 82.1 Å². The molecule has 0 unspecified atom stereocenters. The Hall–Kier alpha value is -3.54. The Balaban J connectivity index is 1.29. The molecule has 3 aromatic heterocycles. The molecule has 42 heavy (non-hydrogen) atoms. The summed E-state index contributed by atoms with van der Waals surface area (Å²) in [6.45, 7) is 1.60. The first-order valence-corrected chi connectivity index (χ1v) is 14.2. The van der Waals surface area contributed by atoms with Gasteiger partial charge in [0.05, 0.1) is 22.2 Å². The first-order chi connectivity index (χ1) is 19.8. The number of piperidine rings is 1. The molecule has 0 N–H and O–H groups in total. The number of imidazole rings is 1. The zero-order valence-corrected chi connectivity index (χ0v) is 23.3. The summed E-state index contributed by atoms with van der Waals surface area (Å²) in [5.41, 5.74) is -0.253. The quantitative estimate of drug-likeness (QED) is 0.287. The highest BCUT2D eigenvalue weighted by atomic mass is 19.4. The summed E-state index contributed by atoms with van der Waals surface area (Å²) in [6.07, 6.45) is 3.36. The van der Waals surface area contributed by atoms with E-state index in [2.05, 4.69) is 10.2 Å². The molecule has 1 aliphatic heterocycles. The molecule has 0 amide bonds. The Bertz CT molecular complexity index is 1740. The number of benzene rings is 1. The molecule has 2 aliphatic carbocycles. The van der Waals surface area contributed by atoms with Gasteiger partial charge < -0.3 is 4.57 Å². The number of halogens is 5. The van der Waals surface area contributed by atoms with Gasteiger partial charge in [-0.05, 0) is 60.4 Å². The van der Waals surface area contributed by atoms with Crippen molar-refractivity contribution in [2.24, 2.45) is 18.4 Å². The number of aryl methyl sites for hydroxylation is 1. The first-order valence-electron chi connectivity index (χ1n) is 14.2. The van der Waals surface area contributed by atoms with Gasteiger partial charge in [-0.25, -0.2) is 13.6 Å². The highest BCUT2D eigenvalue weighted by Gasteiger charge is 2.63. The molecular formula is C30H31F5N6O. The van der Waals surface area contributed by atoms with Gasteiger partial charge in [-0.15, -0.1) is 10.2 Å². The van der Waals surface area contributed by atoms with Gasteiger partial charge >= 0.3 is 11.9 Å². The van der Waals surface area contributed by atoms with E-state index in [1.165, 1.54) is 23.9 Å². The minimum atomic E-state index is -4.72. The van der Waals surface area contributed by atoms with E-state index in [0.717, 1.165) is 47.5 Å². The number of pyridine rings is 1. The van der Waals surface area contributed by atoms with E-state index in [4.69, 9.17) is 0 Å². The second kappa shape index (κ2) is 8.98. The molecule has 7 nitrogen and oxygen atoms in total. The molecule has 7 rings (SSSR count). The fraction of sp³-hybridized carbons (Fsp3) is 0.500. The Morgan fingerprint density at radius 2 is 1.83 bits per heavy atom. The predicted molar refractivity (Wildman–Crippen MR) is 145 cm³/mol. The Labute approximate surface area is 238 Å². The number of likely N-dealkylation sites (tertiary alicyclic amines) is 1. The maximum absolute atomic E-state index is 14.3. The Morgan fingerprint density at radius 3 is 2.48 bits per heavy atom. The largest absolute Gasteiger partial charge is 0.418 e. The Kier molecular flexibility index (Phi) is 5.84. The molecule has 1 atom stereocenters. The van der Waals surface area contributed by atoms with E-state index in [1.54, 1.807) is 17.3 Å². The molecule has 1 aromatic carbocycles. The third-order valence-electron chi connectivity index (χ3n) is 9.68. The highest BCUT2D eigenvalue weighted by molar-refractivity contribution is 5.58. The van der Waals surface area contributed by atoms with Crippen LogP contribution in [0.5, 0.6) is 0 Å². The number of alkyl halides is 5. The van der Waals surface area contributed by atoms with E-state index in [1.807, 2.05) is 29.8 Å². The SMILES string of the molecule is C[C@@H]1CN(Cc2cc(C(F)(F)F)c3cn(-c4cccc(C5(c6nncn6C)CC6(CC6)C5)c4)c(=O)n3c2)CCC1(F)F. The monoisotopic (exact) mass is 586 g/mol. The van der Waals surface area contributed by atoms with Gasteiger partial charge in [0, 0.05) is 51.4 Å². The number of fused-ring (bicyclic) bond motifs is 1. The van der Waals surface area contributed by atoms with E-state index >= 15 is 0 Å². The van der Waals surface area contributed by atoms with Crippen molar-refractivity contribution in [3.63, 3.8) is 0 Å². The average molecular weight is 587 g/mol. The third kappa shape index (κ3) is 4.28. The number of nitrogens with zero attached hydrogens (tertiary/aromatic N) is 6. The van der Waals surface area contributed by atoms with Gasteiger partial charge in [-0.2, -0.15) is 13.2 Å². The molecule has 12 heteroatoms. The number of hydrogen-bond donors (Lipinski definition) is 0. The minimum Gasteiger partial charge on any atom is -0.320 e. The number of aromatic nitrogens is 5. The van der Waals surface area contributed by atoms with Crippen LogP contribution in [0.25, 0.3) is 11.2 Å². The lowest BCUT2D eigenvalue weighted by molar-refractivity contribution is -0.136. The first kappa shape index (κ1) is 27.3. The van der Waals surface area contributed by atoms with E-state index in [9.17, 15) is 26.7 Å². The van der Waals surface area contributed by atoms with Crippen LogP contribution in [0.4, 0.5) is 22.0 Å². The molecule has 0 radical (unpaired) electrons. The van der Waals surface area contributed by atoms with Crippen molar-refractivity contribution < 1.29 is 22.0 Å². The van der Waals surface area contributed by atoms with Crippen molar-refractivity contribution in [1.82, 2.24) is 28.6 Å². The van der Waals surface area contributed by atoms with Crippen LogP contribution in [0, 0.1) is 11.3 Å². The average Bonchev–Trinajstić information content (AvgIpc) is 3.48. The van der Waals surface area contributed by atoms with Crippen LogP contribution in [-0.4, -0.2) is 47.6 Å². The van der Waals surface area contributed by atoms with Crippen LogP contribution in [0.15, 0.2) is 53.8 Å². The number of rotatable bonds is 5. The zero-order valence-electron chi connectivity index (χ0n) is 23.3. The maximum Gasteiger partial charge on any atom is 0.418 e. The second-order valence-corrected chi connectivity index (χ2v) is 12.7. The maximum atomic E-state index is 14.3. The molecule has 4 heterocycles. The molecule has 222 valence electrons.